The van der Waals surface area contributed by atoms with Gasteiger partial charge in [0, 0.05) is 37.8 Å². The number of carbonyl (C=O) groups is 1. The molecule has 2 aliphatic rings. The number of benzene rings is 1. The van der Waals surface area contributed by atoms with Crippen molar-refractivity contribution in [3.05, 3.63) is 30.3 Å². The van der Waals surface area contributed by atoms with E-state index in [2.05, 4.69) is 39.4 Å². The van der Waals surface area contributed by atoms with E-state index in [4.69, 9.17) is 12.2 Å². The van der Waals surface area contributed by atoms with Crippen molar-refractivity contribution < 1.29 is 4.79 Å². The van der Waals surface area contributed by atoms with Crippen LogP contribution in [-0.4, -0.2) is 42.1 Å². The summed E-state index contributed by atoms with van der Waals surface area (Å²) in [6.45, 7) is 3.59. The van der Waals surface area contributed by atoms with Gasteiger partial charge in [-0.05, 0) is 37.2 Å². The number of rotatable bonds is 2. The molecule has 1 aromatic carbocycles. The third kappa shape index (κ3) is 4.22. The maximum absolute atomic E-state index is 12.3. The second-order valence-electron chi connectivity index (χ2n) is 6.44. The van der Waals surface area contributed by atoms with E-state index in [0.29, 0.717) is 5.11 Å². The van der Waals surface area contributed by atoms with Crippen molar-refractivity contribution in [3.8, 4) is 0 Å². The molecule has 124 valence electrons. The van der Waals surface area contributed by atoms with Crippen molar-refractivity contribution in [2.45, 2.75) is 32.1 Å². The third-order valence-corrected chi connectivity index (χ3v) is 5.25. The number of anilines is 1. The summed E-state index contributed by atoms with van der Waals surface area (Å²) in [4.78, 5) is 16.8. The monoisotopic (exact) mass is 331 g/mol. The van der Waals surface area contributed by atoms with Gasteiger partial charge in [0.2, 0.25) is 5.91 Å². The fraction of sp³-hybridized carbons (Fsp3) is 0.556. The Labute approximate surface area is 143 Å². The van der Waals surface area contributed by atoms with Crippen molar-refractivity contribution in [1.29, 1.82) is 0 Å². The van der Waals surface area contributed by atoms with Crippen molar-refractivity contribution in [2.75, 3.05) is 31.1 Å². The van der Waals surface area contributed by atoms with Gasteiger partial charge in [-0.25, -0.2) is 0 Å². The molecule has 0 spiro atoms. The van der Waals surface area contributed by atoms with Crippen molar-refractivity contribution in [1.82, 2.24) is 10.2 Å². The lowest BCUT2D eigenvalue weighted by molar-refractivity contribution is -0.124. The lowest BCUT2D eigenvalue weighted by atomic mass is 9.89. The van der Waals surface area contributed by atoms with Crippen LogP contribution in [0.25, 0.3) is 0 Å². The number of amides is 1. The van der Waals surface area contributed by atoms with E-state index >= 15 is 0 Å². The van der Waals surface area contributed by atoms with E-state index in [1.807, 2.05) is 6.07 Å². The molecular formula is C18H25N3OS. The molecule has 5 heteroatoms. The Kier molecular flexibility index (Phi) is 5.49. The first kappa shape index (κ1) is 16.2. The van der Waals surface area contributed by atoms with E-state index in [1.54, 1.807) is 0 Å². The molecule has 3 rings (SSSR count). The molecule has 1 N–H and O–H groups in total. The standard InChI is InChI=1S/C18H25N3OS/c22-17(15-7-3-1-4-8-15)19-18(23)21-13-11-20(12-14-21)16-9-5-2-6-10-16/h2,5-6,9-10,15H,1,3-4,7-8,11-14H2,(H,19,22,23). The van der Waals surface area contributed by atoms with Gasteiger partial charge in [-0.2, -0.15) is 0 Å². The third-order valence-electron chi connectivity index (χ3n) is 4.89. The van der Waals surface area contributed by atoms with Crippen molar-refractivity contribution >= 4 is 28.9 Å². The number of nitrogens with zero attached hydrogens (tertiary/aromatic N) is 2. The first-order valence-corrected chi connectivity index (χ1v) is 9.04. The summed E-state index contributed by atoms with van der Waals surface area (Å²) in [6.07, 6.45) is 5.61. The molecule has 0 unspecified atom stereocenters. The molecule has 23 heavy (non-hydrogen) atoms. The maximum atomic E-state index is 12.3. The predicted molar refractivity (Wildman–Crippen MR) is 97.5 cm³/mol. The van der Waals surface area contributed by atoms with E-state index in [0.717, 1.165) is 39.0 Å². The van der Waals surface area contributed by atoms with Gasteiger partial charge in [0.05, 0.1) is 0 Å². The van der Waals surface area contributed by atoms with E-state index in [9.17, 15) is 4.79 Å². The number of piperazine rings is 1. The van der Waals surface area contributed by atoms with Crippen LogP contribution in [0.4, 0.5) is 5.69 Å². The van der Waals surface area contributed by atoms with Crippen LogP contribution >= 0.6 is 12.2 Å². The second-order valence-corrected chi connectivity index (χ2v) is 6.83. The molecule has 0 radical (unpaired) electrons. The molecule has 0 aromatic heterocycles. The van der Waals surface area contributed by atoms with Crippen LogP contribution in [0.3, 0.4) is 0 Å². The summed E-state index contributed by atoms with van der Waals surface area (Å²) >= 11 is 5.45. The minimum absolute atomic E-state index is 0.125. The van der Waals surface area contributed by atoms with Gasteiger partial charge in [-0.1, -0.05) is 37.5 Å². The van der Waals surface area contributed by atoms with Crippen LogP contribution in [0.15, 0.2) is 30.3 Å². The van der Waals surface area contributed by atoms with E-state index in [-0.39, 0.29) is 11.8 Å². The number of carbonyl (C=O) groups excluding carboxylic acids is 1. The molecule has 1 saturated carbocycles. The fourth-order valence-electron chi connectivity index (χ4n) is 3.46. The Bertz CT molecular complexity index is 534. The average molecular weight is 331 g/mol. The maximum Gasteiger partial charge on any atom is 0.229 e. The first-order chi connectivity index (χ1) is 11.2. The number of thiocarbonyl (C=S) groups is 1. The van der Waals surface area contributed by atoms with Gasteiger partial charge in [-0.15, -0.1) is 0 Å². The lowest BCUT2D eigenvalue weighted by Gasteiger charge is -2.37. The van der Waals surface area contributed by atoms with Crippen molar-refractivity contribution in [3.63, 3.8) is 0 Å². The van der Waals surface area contributed by atoms with E-state index in [1.165, 1.54) is 24.9 Å². The van der Waals surface area contributed by atoms with Gasteiger partial charge in [-0.3, -0.25) is 4.79 Å². The summed E-state index contributed by atoms with van der Waals surface area (Å²) in [5.41, 5.74) is 1.25. The summed E-state index contributed by atoms with van der Waals surface area (Å²) in [6, 6.07) is 10.4. The normalized spacial score (nSPS) is 19.5. The largest absolute Gasteiger partial charge is 0.368 e. The topological polar surface area (TPSA) is 35.6 Å². The highest BCUT2D eigenvalue weighted by molar-refractivity contribution is 7.80. The van der Waals surface area contributed by atoms with E-state index < -0.39 is 0 Å². The molecule has 1 heterocycles. The summed E-state index contributed by atoms with van der Waals surface area (Å²) in [5.74, 6) is 0.285. The minimum Gasteiger partial charge on any atom is -0.368 e. The van der Waals surface area contributed by atoms with Gasteiger partial charge < -0.3 is 15.1 Å². The van der Waals surface area contributed by atoms with Gasteiger partial charge in [0.15, 0.2) is 5.11 Å². The quantitative estimate of drug-likeness (QED) is 0.846. The summed E-state index contributed by atoms with van der Waals surface area (Å²) in [7, 11) is 0. The van der Waals surface area contributed by atoms with Crippen LogP contribution in [-0.2, 0) is 4.79 Å². The predicted octanol–water partition coefficient (Wildman–Crippen LogP) is 2.79. The second kappa shape index (κ2) is 7.77. The van der Waals surface area contributed by atoms with Crippen LogP contribution < -0.4 is 10.2 Å². The zero-order valence-electron chi connectivity index (χ0n) is 13.5. The summed E-state index contributed by atoms with van der Waals surface area (Å²) < 4.78 is 0. The fourth-order valence-corrected chi connectivity index (χ4v) is 3.74. The smallest absolute Gasteiger partial charge is 0.229 e. The Morgan fingerprint density at radius 1 is 1.00 bits per heavy atom. The molecular weight excluding hydrogens is 306 g/mol. The highest BCUT2D eigenvalue weighted by Gasteiger charge is 2.24. The molecule has 0 bridgehead atoms. The number of nitrogens with one attached hydrogen (secondary N) is 1. The lowest BCUT2D eigenvalue weighted by Crippen LogP contribution is -2.53. The van der Waals surface area contributed by atoms with Crippen LogP contribution in [0.2, 0.25) is 0 Å². The SMILES string of the molecule is O=C(NC(=S)N1CCN(c2ccccc2)CC1)C1CCCCC1. The number of para-hydroxylation sites is 1. The number of hydrogen-bond donors (Lipinski definition) is 1. The Balaban J connectivity index is 1.47. The number of hydrogen-bond acceptors (Lipinski definition) is 3. The van der Waals surface area contributed by atoms with Crippen LogP contribution in [0, 0.1) is 5.92 Å². The van der Waals surface area contributed by atoms with Crippen LogP contribution in [0.1, 0.15) is 32.1 Å². The van der Waals surface area contributed by atoms with Gasteiger partial charge in [0.25, 0.3) is 0 Å². The molecule has 1 saturated heterocycles. The minimum atomic E-state index is 0.125. The molecule has 1 aliphatic carbocycles. The Hall–Kier alpha value is -1.62. The molecule has 4 nitrogen and oxygen atoms in total. The molecule has 2 fully saturated rings. The van der Waals surface area contributed by atoms with Gasteiger partial charge >= 0.3 is 0 Å². The highest BCUT2D eigenvalue weighted by atomic mass is 32.1. The van der Waals surface area contributed by atoms with Gasteiger partial charge in [0.1, 0.15) is 0 Å². The zero-order valence-corrected chi connectivity index (χ0v) is 14.4. The Morgan fingerprint density at radius 3 is 2.30 bits per heavy atom. The zero-order chi connectivity index (χ0) is 16.1. The van der Waals surface area contributed by atoms with Crippen molar-refractivity contribution in [2.24, 2.45) is 5.92 Å². The Morgan fingerprint density at radius 2 is 1.65 bits per heavy atom. The highest BCUT2D eigenvalue weighted by Crippen LogP contribution is 2.23. The molecule has 1 aromatic rings. The molecule has 0 atom stereocenters. The average Bonchev–Trinajstić information content (AvgIpc) is 2.63. The van der Waals surface area contributed by atoms with Crippen LogP contribution in [0.5, 0.6) is 0 Å². The summed E-state index contributed by atoms with van der Waals surface area (Å²) in [5, 5.41) is 3.58. The first-order valence-electron chi connectivity index (χ1n) is 8.64. The molecule has 1 aliphatic heterocycles. The molecule has 1 amide bonds.